The molecule has 0 amide bonds. The van der Waals surface area contributed by atoms with Crippen molar-refractivity contribution in [3.05, 3.63) is 75.3 Å². The quantitative estimate of drug-likeness (QED) is 0.362. The number of rotatable bonds is 7. The highest BCUT2D eigenvalue weighted by molar-refractivity contribution is 5.80. The molecule has 2 aromatic carbocycles. The first kappa shape index (κ1) is 26.2. The monoisotopic (exact) mass is 555 g/mol. The zero-order valence-corrected chi connectivity index (χ0v) is 23.6. The standard InChI is InChI=1S/C31H37N7O3/c1-2-21-8-10-26-23(16-21)18-25(31(39)32-26)29(30-33-34-35-38(30)24-6-4-3-5-7-24)37-14-12-36(13-15-37)19-22-9-11-27-28(17-22)41-20-40-27/h8-11,16-18,24,29H,2-7,12-15,19-20H2,1H3,(H,32,39)/t29-/m0/s1. The van der Waals surface area contributed by atoms with Gasteiger partial charge in [-0.25, -0.2) is 4.68 Å². The van der Waals surface area contributed by atoms with Crippen LogP contribution in [0.3, 0.4) is 0 Å². The summed E-state index contributed by atoms with van der Waals surface area (Å²) in [5.41, 5.74) is 3.94. The number of piperazine rings is 1. The lowest BCUT2D eigenvalue weighted by molar-refractivity contribution is 0.0982. The molecule has 10 nitrogen and oxygen atoms in total. The van der Waals surface area contributed by atoms with Crippen LogP contribution in [0.15, 0.2) is 47.3 Å². The highest BCUT2D eigenvalue weighted by Crippen LogP contribution is 2.35. The predicted molar refractivity (Wildman–Crippen MR) is 155 cm³/mol. The number of tetrazole rings is 1. The summed E-state index contributed by atoms with van der Waals surface area (Å²) >= 11 is 0. The lowest BCUT2D eigenvalue weighted by atomic mass is 9.95. The summed E-state index contributed by atoms with van der Waals surface area (Å²) in [7, 11) is 0. The van der Waals surface area contributed by atoms with Gasteiger partial charge < -0.3 is 14.5 Å². The third-order valence-corrected chi connectivity index (χ3v) is 8.94. The highest BCUT2D eigenvalue weighted by atomic mass is 16.7. The number of aromatic nitrogens is 5. The van der Waals surface area contributed by atoms with Crippen LogP contribution in [0.2, 0.25) is 0 Å². The van der Waals surface area contributed by atoms with E-state index in [9.17, 15) is 4.79 Å². The fraction of sp³-hybridized carbons (Fsp3) is 0.484. The number of aromatic amines is 1. The zero-order chi connectivity index (χ0) is 27.8. The van der Waals surface area contributed by atoms with Crippen LogP contribution in [0, 0.1) is 0 Å². The molecule has 10 heteroatoms. The van der Waals surface area contributed by atoms with Gasteiger partial charge in [0.05, 0.1) is 6.04 Å². The molecule has 214 valence electrons. The van der Waals surface area contributed by atoms with Gasteiger partial charge in [0.1, 0.15) is 6.04 Å². The molecule has 7 rings (SSSR count). The number of aryl methyl sites for hydroxylation is 1. The van der Waals surface area contributed by atoms with Gasteiger partial charge in [-0.15, -0.1) is 5.10 Å². The minimum absolute atomic E-state index is 0.0762. The zero-order valence-electron chi connectivity index (χ0n) is 23.6. The second kappa shape index (κ2) is 11.3. The van der Waals surface area contributed by atoms with Gasteiger partial charge in [-0.3, -0.25) is 14.6 Å². The van der Waals surface area contributed by atoms with Crippen molar-refractivity contribution in [3.63, 3.8) is 0 Å². The van der Waals surface area contributed by atoms with E-state index in [1.807, 2.05) is 16.8 Å². The number of ether oxygens (including phenoxy) is 2. The minimum atomic E-state index is -0.321. The molecule has 4 aromatic rings. The van der Waals surface area contributed by atoms with E-state index in [-0.39, 0.29) is 24.4 Å². The molecule has 0 radical (unpaired) electrons. The van der Waals surface area contributed by atoms with E-state index >= 15 is 0 Å². The van der Waals surface area contributed by atoms with Crippen molar-refractivity contribution in [2.75, 3.05) is 33.0 Å². The Kier molecular flexibility index (Phi) is 7.18. The van der Waals surface area contributed by atoms with Crippen molar-refractivity contribution in [1.29, 1.82) is 0 Å². The Morgan fingerprint density at radius 3 is 2.59 bits per heavy atom. The summed E-state index contributed by atoms with van der Waals surface area (Å²) in [6.07, 6.45) is 6.71. The van der Waals surface area contributed by atoms with Gasteiger partial charge in [-0.1, -0.05) is 38.3 Å². The van der Waals surface area contributed by atoms with Crippen LogP contribution in [0.25, 0.3) is 10.9 Å². The first-order chi connectivity index (χ1) is 20.2. The fourth-order valence-electron chi connectivity index (χ4n) is 6.64. The first-order valence-electron chi connectivity index (χ1n) is 14.9. The third kappa shape index (κ3) is 5.22. The van der Waals surface area contributed by atoms with E-state index < -0.39 is 0 Å². The molecule has 1 atom stereocenters. The Morgan fingerprint density at radius 1 is 0.951 bits per heavy atom. The molecule has 1 saturated heterocycles. The number of nitrogens with one attached hydrogen (secondary N) is 1. The summed E-state index contributed by atoms with van der Waals surface area (Å²) in [6, 6.07) is 14.5. The van der Waals surface area contributed by atoms with Gasteiger partial charge in [0, 0.05) is 43.8 Å². The first-order valence-corrected chi connectivity index (χ1v) is 14.9. The summed E-state index contributed by atoms with van der Waals surface area (Å²) in [5, 5.41) is 14.3. The molecule has 0 unspecified atom stereocenters. The lowest BCUT2D eigenvalue weighted by Crippen LogP contribution is -2.48. The Labute approximate surface area is 239 Å². The minimum Gasteiger partial charge on any atom is -0.454 e. The van der Waals surface area contributed by atoms with E-state index in [0.717, 1.165) is 80.2 Å². The summed E-state index contributed by atoms with van der Waals surface area (Å²) in [4.78, 5) is 21.7. The van der Waals surface area contributed by atoms with Gasteiger partial charge in [-0.2, -0.15) is 0 Å². The maximum atomic E-state index is 13.7. The molecular weight excluding hydrogens is 518 g/mol. The van der Waals surface area contributed by atoms with Gasteiger partial charge in [0.25, 0.3) is 5.56 Å². The summed E-state index contributed by atoms with van der Waals surface area (Å²) in [6.45, 7) is 6.64. The molecule has 1 aliphatic carbocycles. The Hall–Kier alpha value is -3.76. The van der Waals surface area contributed by atoms with Crippen LogP contribution in [0.4, 0.5) is 0 Å². The van der Waals surface area contributed by atoms with Crippen molar-refractivity contribution in [1.82, 2.24) is 35.0 Å². The topological polar surface area (TPSA) is 101 Å². The average molecular weight is 556 g/mol. The fourth-order valence-corrected chi connectivity index (χ4v) is 6.64. The Bertz CT molecular complexity index is 1580. The number of hydrogen-bond donors (Lipinski definition) is 1. The molecule has 2 aliphatic heterocycles. The number of pyridine rings is 1. The molecule has 0 bridgehead atoms. The molecule has 0 spiro atoms. The van der Waals surface area contributed by atoms with Crippen molar-refractivity contribution in [3.8, 4) is 11.5 Å². The Balaban J connectivity index is 1.20. The van der Waals surface area contributed by atoms with Gasteiger partial charge in [0.15, 0.2) is 17.3 Å². The van der Waals surface area contributed by atoms with Gasteiger partial charge >= 0.3 is 0 Å². The summed E-state index contributed by atoms with van der Waals surface area (Å²) < 4.78 is 13.1. The van der Waals surface area contributed by atoms with Crippen LogP contribution in [0.5, 0.6) is 11.5 Å². The maximum absolute atomic E-state index is 13.7. The van der Waals surface area contributed by atoms with E-state index in [0.29, 0.717) is 5.56 Å². The molecule has 1 N–H and O–H groups in total. The van der Waals surface area contributed by atoms with E-state index in [2.05, 4.69) is 67.6 Å². The van der Waals surface area contributed by atoms with Crippen molar-refractivity contribution >= 4 is 10.9 Å². The molecule has 41 heavy (non-hydrogen) atoms. The summed E-state index contributed by atoms with van der Waals surface area (Å²) in [5.74, 6) is 2.40. The number of H-pyrrole nitrogens is 1. The average Bonchev–Trinajstić information content (AvgIpc) is 3.68. The van der Waals surface area contributed by atoms with Crippen molar-refractivity contribution in [2.24, 2.45) is 0 Å². The van der Waals surface area contributed by atoms with Crippen LogP contribution in [0.1, 0.15) is 73.6 Å². The van der Waals surface area contributed by atoms with E-state index in [1.54, 1.807) is 0 Å². The molecule has 3 aliphatic rings. The van der Waals surface area contributed by atoms with Crippen LogP contribution in [-0.2, 0) is 13.0 Å². The maximum Gasteiger partial charge on any atom is 0.253 e. The molecule has 2 aromatic heterocycles. The van der Waals surface area contributed by atoms with Gasteiger partial charge in [-0.05, 0) is 76.5 Å². The largest absolute Gasteiger partial charge is 0.454 e. The number of fused-ring (bicyclic) bond motifs is 2. The van der Waals surface area contributed by atoms with Crippen molar-refractivity contribution in [2.45, 2.75) is 64.1 Å². The Morgan fingerprint density at radius 2 is 1.76 bits per heavy atom. The second-order valence-electron chi connectivity index (χ2n) is 11.5. The van der Waals surface area contributed by atoms with Crippen molar-refractivity contribution < 1.29 is 9.47 Å². The second-order valence-corrected chi connectivity index (χ2v) is 11.5. The van der Waals surface area contributed by atoms with Crippen LogP contribution in [-0.4, -0.2) is 68.0 Å². The number of nitrogens with zero attached hydrogens (tertiary/aromatic N) is 6. The van der Waals surface area contributed by atoms with Crippen LogP contribution < -0.4 is 15.0 Å². The molecule has 2 fully saturated rings. The third-order valence-electron chi connectivity index (χ3n) is 8.94. The van der Waals surface area contributed by atoms with E-state index in [1.165, 1.54) is 30.4 Å². The lowest BCUT2D eigenvalue weighted by Gasteiger charge is -2.39. The SMILES string of the molecule is CCc1ccc2[nH]c(=O)c([C@@H](c3nnnn3C3CCCCC3)N3CCN(Cc4ccc5c(c4)OCO5)CC3)cc2c1. The molecule has 1 saturated carbocycles. The normalized spacial score (nSPS) is 19.1. The van der Waals surface area contributed by atoms with E-state index in [4.69, 9.17) is 9.47 Å². The predicted octanol–water partition coefficient (Wildman–Crippen LogP) is 4.22. The van der Waals surface area contributed by atoms with Gasteiger partial charge in [0.2, 0.25) is 6.79 Å². The molecule has 4 heterocycles. The smallest absolute Gasteiger partial charge is 0.253 e. The number of benzene rings is 2. The van der Waals surface area contributed by atoms with Crippen LogP contribution >= 0.6 is 0 Å². The highest BCUT2D eigenvalue weighted by Gasteiger charge is 2.34. The molecular formula is C31H37N7O3. The number of hydrogen-bond acceptors (Lipinski definition) is 8.